The van der Waals surface area contributed by atoms with E-state index in [2.05, 4.69) is 18.9 Å². The van der Waals surface area contributed by atoms with Gasteiger partial charge in [-0.3, -0.25) is 0 Å². The molecule has 0 amide bonds. The second kappa shape index (κ2) is 7.77. The van der Waals surface area contributed by atoms with Gasteiger partial charge < -0.3 is 18.9 Å². The van der Waals surface area contributed by atoms with Crippen LogP contribution in [-0.4, -0.2) is 61.5 Å². The molecular weight excluding hydrogens is 415 g/mol. The molecule has 0 saturated carbocycles. The van der Waals surface area contributed by atoms with Gasteiger partial charge in [-0.1, -0.05) is 0 Å². The Balaban J connectivity index is 2.81. The first kappa shape index (κ1) is 22.8. The first-order chi connectivity index (χ1) is 12.0. The second-order valence-electron chi connectivity index (χ2n) is 4.80. The predicted molar refractivity (Wildman–Crippen MR) is 58.4 cm³/mol. The third-order valence-electron chi connectivity index (χ3n) is 2.70. The fourth-order valence-electron chi connectivity index (χ4n) is 1.64. The normalized spacial score (nSPS) is 23.7. The molecule has 1 aliphatic rings. The van der Waals surface area contributed by atoms with Crippen LogP contribution in [0.4, 0.5) is 39.5 Å². The fraction of sp³-hybridized carbons (Fsp3) is 0.727. The SMILES string of the molecule is O=C(OC[C@H]1C[C@H](OC(=O)C(F)(F)F)[C@@H](OC(=O)C(F)(F)F)O1)C(F)(F)F. The molecule has 0 aromatic carbocycles. The molecule has 1 fully saturated rings. The van der Waals surface area contributed by atoms with Gasteiger partial charge in [-0.05, 0) is 0 Å². The van der Waals surface area contributed by atoms with Crippen molar-refractivity contribution < 1.29 is 72.8 Å². The highest BCUT2D eigenvalue weighted by Crippen LogP contribution is 2.30. The molecular formula is C11H7F9O7. The van der Waals surface area contributed by atoms with Crippen molar-refractivity contribution in [3.05, 3.63) is 0 Å². The number of hydrogen-bond acceptors (Lipinski definition) is 7. The summed E-state index contributed by atoms with van der Waals surface area (Å²) in [5.41, 5.74) is 0. The van der Waals surface area contributed by atoms with E-state index < -0.39 is 68.0 Å². The highest BCUT2D eigenvalue weighted by molar-refractivity contribution is 5.77. The van der Waals surface area contributed by atoms with Gasteiger partial charge in [-0.25, -0.2) is 14.4 Å². The third-order valence-corrected chi connectivity index (χ3v) is 2.70. The van der Waals surface area contributed by atoms with Crippen molar-refractivity contribution in [3.63, 3.8) is 0 Å². The lowest BCUT2D eigenvalue weighted by Crippen LogP contribution is -2.39. The Labute approximate surface area is 142 Å². The smallest absolute Gasteiger partial charge is 0.456 e. The van der Waals surface area contributed by atoms with Crippen LogP contribution < -0.4 is 0 Å². The van der Waals surface area contributed by atoms with Gasteiger partial charge in [0.05, 0.1) is 6.10 Å². The highest BCUT2D eigenvalue weighted by atomic mass is 19.4. The molecule has 0 bridgehead atoms. The van der Waals surface area contributed by atoms with E-state index in [0.717, 1.165) is 0 Å². The number of carbonyl (C=O) groups is 3. The summed E-state index contributed by atoms with van der Waals surface area (Å²) in [6.07, 6.45) is -24.1. The lowest BCUT2D eigenvalue weighted by Gasteiger charge is -2.20. The lowest BCUT2D eigenvalue weighted by molar-refractivity contribution is -0.241. The number of halogens is 9. The van der Waals surface area contributed by atoms with E-state index in [1.807, 2.05) is 0 Å². The summed E-state index contributed by atoms with van der Waals surface area (Å²) in [5, 5.41) is 0. The Bertz CT molecular complexity index is 544. The van der Waals surface area contributed by atoms with Crippen molar-refractivity contribution in [2.75, 3.05) is 6.61 Å². The molecule has 1 rings (SSSR count). The summed E-state index contributed by atoms with van der Waals surface area (Å²) < 4.78 is 125. The maximum atomic E-state index is 12.2. The van der Waals surface area contributed by atoms with E-state index in [4.69, 9.17) is 0 Å². The van der Waals surface area contributed by atoms with Crippen LogP contribution in [0.3, 0.4) is 0 Å². The second-order valence-corrected chi connectivity index (χ2v) is 4.80. The summed E-state index contributed by atoms with van der Waals surface area (Å²) in [6, 6.07) is 0. The fourth-order valence-corrected chi connectivity index (χ4v) is 1.64. The Morgan fingerprint density at radius 1 is 0.778 bits per heavy atom. The summed E-state index contributed by atoms with van der Waals surface area (Å²) >= 11 is 0. The Kier molecular flexibility index (Phi) is 6.56. The molecule has 27 heavy (non-hydrogen) atoms. The minimum atomic E-state index is -5.59. The molecule has 156 valence electrons. The van der Waals surface area contributed by atoms with Crippen molar-refractivity contribution in [1.29, 1.82) is 0 Å². The molecule has 0 spiro atoms. The zero-order valence-corrected chi connectivity index (χ0v) is 12.4. The highest BCUT2D eigenvalue weighted by Gasteiger charge is 2.51. The van der Waals surface area contributed by atoms with Crippen molar-refractivity contribution >= 4 is 17.9 Å². The Morgan fingerprint density at radius 3 is 1.67 bits per heavy atom. The molecule has 1 aliphatic heterocycles. The van der Waals surface area contributed by atoms with Crippen LogP contribution in [0, 0.1) is 0 Å². The minimum Gasteiger partial charge on any atom is -0.456 e. The Morgan fingerprint density at radius 2 is 1.22 bits per heavy atom. The monoisotopic (exact) mass is 422 g/mol. The molecule has 0 N–H and O–H groups in total. The molecule has 0 unspecified atom stereocenters. The average Bonchev–Trinajstić information content (AvgIpc) is 2.83. The molecule has 0 radical (unpaired) electrons. The van der Waals surface area contributed by atoms with E-state index in [1.54, 1.807) is 0 Å². The van der Waals surface area contributed by atoms with E-state index in [0.29, 0.717) is 0 Å². The first-order valence-corrected chi connectivity index (χ1v) is 6.47. The van der Waals surface area contributed by atoms with Crippen LogP contribution in [0.15, 0.2) is 0 Å². The van der Waals surface area contributed by atoms with Crippen molar-refractivity contribution in [1.82, 2.24) is 0 Å². The van der Waals surface area contributed by atoms with Gasteiger partial charge in [-0.15, -0.1) is 0 Å². The van der Waals surface area contributed by atoms with Gasteiger partial charge in [0.15, 0.2) is 6.10 Å². The predicted octanol–water partition coefficient (Wildman–Crippen LogP) is 1.79. The van der Waals surface area contributed by atoms with Crippen molar-refractivity contribution in [2.24, 2.45) is 0 Å². The molecule has 0 aromatic rings. The number of alkyl halides is 9. The summed E-state index contributed by atoms with van der Waals surface area (Å²) in [4.78, 5) is 32.0. The molecule has 0 aliphatic carbocycles. The van der Waals surface area contributed by atoms with Crippen LogP contribution in [0.1, 0.15) is 6.42 Å². The lowest BCUT2D eigenvalue weighted by atomic mass is 10.2. The zero-order chi connectivity index (χ0) is 21.2. The van der Waals surface area contributed by atoms with E-state index in [9.17, 15) is 53.9 Å². The van der Waals surface area contributed by atoms with E-state index >= 15 is 0 Å². The standard InChI is InChI=1S/C11H7F9O7/c12-9(13,14)6(21)24-2-3-1-4(26-7(22)10(15,16)17)5(25-3)27-8(23)11(18,19)20/h3-5H,1-2H2/t3-,4+,5-/m1/s1. The third kappa shape index (κ3) is 6.76. The topological polar surface area (TPSA) is 88.1 Å². The van der Waals surface area contributed by atoms with E-state index in [-0.39, 0.29) is 0 Å². The number of carbonyl (C=O) groups excluding carboxylic acids is 3. The van der Waals surface area contributed by atoms with Crippen molar-refractivity contribution in [3.8, 4) is 0 Å². The van der Waals surface area contributed by atoms with Gasteiger partial charge in [0.1, 0.15) is 6.61 Å². The summed E-state index contributed by atoms with van der Waals surface area (Å²) in [7, 11) is 0. The minimum absolute atomic E-state index is 0.956. The van der Waals surface area contributed by atoms with Crippen molar-refractivity contribution in [2.45, 2.75) is 43.4 Å². The van der Waals surface area contributed by atoms with Gasteiger partial charge in [0.25, 0.3) is 0 Å². The molecule has 0 aromatic heterocycles. The molecule has 16 heteroatoms. The molecule has 1 heterocycles. The largest absolute Gasteiger partial charge is 0.491 e. The van der Waals surface area contributed by atoms with Crippen LogP contribution >= 0.6 is 0 Å². The quantitative estimate of drug-likeness (QED) is 0.388. The zero-order valence-electron chi connectivity index (χ0n) is 12.4. The number of ether oxygens (including phenoxy) is 4. The number of hydrogen-bond donors (Lipinski definition) is 0. The van der Waals surface area contributed by atoms with Crippen LogP contribution in [0.5, 0.6) is 0 Å². The van der Waals surface area contributed by atoms with Crippen LogP contribution in [-0.2, 0) is 33.3 Å². The van der Waals surface area contributed by atoms with Crippen LogP contribution in [0.25, 0.3) is 0 Å². The summed E-state index contributed by atoms with van der Waals surface area (Å²) in [6.45, 7) is -1.28. The van der Waals surface area contributed by atoms with Crippen LogP contribution in [0.2, 0.25) is 0 Å². The number of rotatable bonds is 4. The number of esters is 3. The van der Waals surface area contributed by atoms with Gasteiger partial charge in [0, 0.05) is 6.42 Å². The molecule has 1 saturated heterocycles. The average molecular weight is 422 g/mol. The molecule has 3 atom stereocenters. The molecule has 7 nitrogen and oxygen atoms in total. The summed E-state index contributed by atoms with van der Waals surface area (Å²) in [5.74, 6) is -8.52. The van der Waals surface area contributed by atoms with E-state index in [1.165, 1.54) is 0 Å². The maximum absolute atomic E-state index is 12.2. The van der Waals surface area contributed by atoms with Gasteiger partial charge >= 0.3 is 36.4 Å². The van der Waals surface area contributed by atoms with Gasteiger partial charge in [-0.2, -0.15) is 39.5 Å². The first-order valence-electron chi connectivity index (χ1n) is 6.47. The Hall–Kier alpha value is -2.26. The van der Waals surface area contributed by atoms with Gasteiger partial charge in [0.2, 0.25) is 6.29 Å². The maximum Gasteiger partial charge on any atom is 0.491 e.